The van der Waals surface area contributed by atoms with E-state index in [9.17, 15) is 0 Å². The van der Waals surface area contributed by atoms with Gasteiger partial charge in [-0.3, -0.25) is 0 Å². The smallest absolute Gasteiger partial charge is 0.00430 e. The molecule has 1 heterocycles. The third-order valence-corrected chi connectivity index (χ3v) is 4.51. The molecule has 2 atom stereocenters. The normalized spacial score (nSPS) is 30.3. The van der Waals surface area contributed by atoms with E-state index < -0.39 is 0 Å². The second-order valence-electron chi connectivity index (χ2n) is 5.57. The van der Waals surface area contributed by atoms with Crippen molar-refractivity contribution in [3.05, 3.63) is 22.4 Å². The Hall–Kier alpha value is -0.340. The second-order valence-corrected chi connectivity index (χ2v) is 6.35. The Kier molecular flexibility index (Phi) is 3.17. The van der Waals surface area contributed by atoms with Crippen LogP contribution in [0.25, 0.3) is 0 Å². The van der Waals surface area contributed by atoms with Crippen molar-refractivity contribution in [2.75, 3.05) is 6.54 Å². The molecule has 0 amide bonds. The van der Waals surface area contributed by atoms with Crippen molar-refractivity contribution < 1.29 is 0 Å². The van der Waals surface area contributed by atoms with Gasteiger partial charge in [-0.2, -0.15) is 11.3 Å². The molecule has 2 N–H and O–H groups in total. The molecule has 1 aromatic heterocycles. The van der Waals surface area contributed by atoms with Crippen molar-refractivity contribution in [1.82, 2.24) is 0 Å². The summed E-state index contributed by atoms with van der Waals surface area (Å²) >= 11 is 1.81. The van der Waals surface area contributed by atoms with E-state index in [1.807, 2.05) is 0 Å². The molecule has 1 nitrogen and oxygen atoms in total. The van der Waals surface area contributed by atoms with E-state index >= 15 is 0 Å². The number of rotatable bonds is 2. The first-order chi connectivity index (χ1) is 7.12. The molecule has 2 unspecified atom stereocenters. The third kappa shape index (κ3) is 2.43. The van der Waals surface area contributed by atoms with Crippen LogP contribution in [0, 0.1) is 11.3 Å². The van der Waals surface area contributed by atoms with Gasteiger partial charge in [0.05, 0.1) is 0 Å². The highest BCUT2D eigenvalue weighted by atomic mass is 32.1. The molecule has 84 valence electrons. The van der Waals surface area contributed by atoms with Gasteiger partial charge in [0, 0.05) is 0 Å². The molecule has 15 heavy (non-hydrogen) atoms. The zero-order chi connectivity index (χ0) is 10.9. The summed E-state index contributed by atoms with van der Waals surface area (Å²) in [4.78, 5) is 0. The minimum Gasteiger partial charge on any atom is -0.330 e. The van der Waals surface area contributed by atoms with E-state index in [4.69, 9.17) is 5.73 Å². The Labute approximate surface area is 96.7 Å². The van der Waals surface area contributed by atoms with E-state index in [-0.39, 0.29) is 0 Å². The summed E-state index contributed by atoms with van der Waals surface area (Å²) in [5.41, 5.74) is 7.91. The van der Waals surface area contributed by atoms with Crippen LogP contribution in [0.5, 0.6) is 0 Å². The largest absolute Gasteiger partial charge is 0.330 e. The molecule has 1 fully saturated rings. The Bertz CT molecular complexity index is 302. The lowest BCUT2D eigenvalue weighted by atomic mass is 9.65. The van der Waals surface area contributed by atoms with E-state index in [1.54, 1.807) is 11.3 Å². The summed E-state index contributed by atoms with van der Waals surface area (Å²) in [6.45, 7) is 5.62. The molecule has 0 spiro atoms. The highest BCUT2D eigenvalue weighted by molar-refractivity contribution is 7.07. The Morgan fingerprint density at radius 3 is 2.93 bits per heavy atom. The first kappa shape index (κ1) is 11.2. The van der Waals surface area contributed by atoms with Gasteiger partial charge in [-0.25, -0.2) is 0 Å². The minimum absolute atomic E-state index is 0.498. The fourth-order valence-corrected chi connectivity index (χ4v) is 3.52. The van der Waals surface area contributed by atoms with E-state index in [1.165, 1.54) is 24.8 Å². The van der Waals surface area contributed by atoms with Gasteiger partial charge in [-0.05, 0) is 65.4 Å². The molecule has 1 aliphatic rings. The van der Waals surface area contributed by atoms with Crippen LogP contribution in [0.2, 0.25) is 0 Å². The molecule has 1 aromatic rings. The third-order valence-electron chi connectivity index (χ3n) is 3.81. The lowest BCUT2D eigenvalue weighted by molar-refractivity contribution is 0.166. The first-order valence-electron chi connectivity index (χ1n) is 5.84. The summed E-state index contributed by atoms with van der Waals surface area (Å²) in [7, 11) is 0. The number of hydrogen-bond donors (Lipinski definition) is 1. The van der Waals surface area contributed by atoms with Crippen molar-refractivity contribution in [3.8, 4) is 0 Å². The summed E-state index contributed by atoms with van der Waals surface area (Å²) in [6.07, 6.45) is 3.92. The van der Waals surface area contributed by atoms with Crippen LogP contribution in [-0.2, 0) is 0 Å². The zero-order valence-corrected chi connectivity index (χ0v) is 10.5. The Morgan fingerprint density at radius 2 is 2.33 bits per heavy atom. The minimum atomic E-state index is 0.498. The standard InChI is InChI=1S/C13H21NS/c1-13(2)5-3-10(8-14)12(7-13)11-4-6-15-9-11/h4,6,9-10,12H,3,5,7-8,14H2,1-2H3. The summed E-state index contributed by atoms with van der Waals surface area (Å²) in [5, 5.41) is 4.49. The van der Waals surface area contributed by atoms with Crippen LogP contribution in [-0.4, -0.2) is 6.54 Å². The molecule has 0 radical (unpaired) electrons. The summed E-state index contributed by atoms with van der Waals surface area (Å²) < 4.78 is 0. The molecule has 1 aliphatic carbocycles. The molecular weight excluding hydrogens is 202 g/mol. The molecule has 0 bridgehead atoms. The van der Waals surface area contributed by atoms with Gasteiger partial charge in [-0.15, -0.1) is 0 Å². The van der Waals surface area contributed by atoms with Gasteiger partial charge in [0.2, 0.25) is 0 Å². The van der Waals surface area contributed by atoms with Gasteiger partial charge in [0.25, 0.3) is 0 Å². The van der Waals surface area contributed by atoms with Gasteiger partial charge >= 0.3 is 0 Å². The van der Waals surface area contributed by atoms with Gasteiger partial charge in [0.15, 0.2) is 0 Å². The van der Waals surface area contributed by atoms with E-state index in [0.29, 0.717) is 17.3 Å². The molecular formula is C13H21NS. The summed E-state index contributed by atoms with van der Waals surface area (Å²) in [5.74, 6) is 1.40. The highest BCUT2D eigenvalue weighted by Gasteiger charge is 2.34. The van der Waals surface area contributed by atoms with Crippen LogP contribution in [0.4, 0.5) is 0 Å². The van der Waals surface area contributed by atoms with E-state index in [0.717, 1.165) is 6.54 Å². The second kappa shape index (κ2) is 4.26. The lowest BCUT2D eigenvalue weighted by Crippen LogP contribution is -2.32. The van der Waals surface area contributed by atoms with Crippen LogP contribution in [0.1, 0.15) is 44.6 Å². The van der Waals surface area contributed by atoms with Crippen molar-refractivity contribution >= 4 is 11.3 Å². The average molecular weight is 223 g/mol. The molecule has 0 aliphatic heterocycles. The monoisotopic (exact) mass is 223 g/mol. The van der Waals surface area contributed by atoms with Crippen LogP contribution in [0.3, 0.4) is 0 Å². The summed E-state index contributed by atoms with van der Waals surface area (Å²) in [6, 6.07) is 2.28. The van der Waals surface area contributed by atoms with Gasteiger partial charge < -0.3 is 5.73 Å². The highest BCUT2D eigenvalue weighted by Crippen LogP contribution is 2.46. The maximum Gasteiger partial charge on any atom is -0.00430 e. The Morgan fingerprint density at radius 1 is 1.53 bits per heavy atom. The average Bonchev–Trinajstić information content (AvgIpc) is 2.69. The van der Waals surface area contributed by atoms with Crippen molar-refractivity contribution in [1.29, 1.82) is 0 Å². The van der Waals surface area contributed by atoms with Crippen molar-refractivity contribution in [2.24, 2.45) is 17.1 Å². The number of thiophene rings is 1. The van der Waals surface area contributed by atoms with Crippen molar-refractivity contribution in [3.63, 3.8) is 0 Å². The number of nitrogens with two attached hydrogens (primary N) is 1. The van der Waals surface area contributed by atoms with Gasteiger partial charge in [-0.1, -0.05) is 13.8 Å². The van der Waals surface area contributed by atoms with Crippen LogP contribution >= 0.6 is 11.3 Å². The first-order valence-corrected chi connectivity index (χ1v) is 6.79. The molecule has 2 rings (SSSR count). The molecule has 0 saturated heterocycles. The topological polar surface area (TPSA) is 26.0 Å². The molecule has 1 saturated carbocycles. The molecule has 0 aromatic carbocycles. The predicted octanol–water partition coefficient (Wildman–Crippen LogP) is 3.62. The maximum absolute atomic E-state index is 5.89. The van der Waals surface area contributed by atoms with E-state index in [2.05, 4.69) is 30.7 Å². The SMILES string of the molecule is CC1(C)CCC(CN)C(c2ccsc2)C1. The van der Waals surface area contributed by atoms with Crippen LogP contribution in [0.15, 0.2) is 16.8 Å². The zero-order valence-electron chi connectivity index (χ0n) is 9.70. The van der Waals surface area contributed by atoms with Gasteiger partial charge in [0.1, 0.15) is 0 Å². The quantitative estimate of drug-likeness (QED) is 0.814. The van der Waals surface area contributed by atoms with Crippen molar-refractivity contribution in [2.45, 2.75) is 39.0 Å². The lowest BCUT2D eigenvalue weighted by Gasteiger charge is -2.40. The fourth-order valence-electron chi connectivity index (χ4n) is 2.80. The fraction of sp³-hybridized carbons (Fsp3) is 0.692. The predicted molar refractivity (Wildman–Crippen MR) is 67.2 cm³/mol. The Balaban J connectivity index is 2.18. The molecule has 2 heteroatoms. The van der Waals surface area contributed by atoms with Crippen LogP contribution < -0.4 is 5.73 Å². The number of hydrogen-bond acceptors (Lipinski definition) is 2. The maximum atomic E-state index is 5.89.